The molecule has 0 bridgehead atoms. The molecule has 2 heteroatoms. The van der Waals surface area contributed by atoms with Crippen molar-refractivity contribution < 1.29 is 0 Å². The first-order chi connectivity index (χ1) is 7.26. The van der Waals surface area contributed by atoms with Gasteiger partial charge in [-0.3, -0.25) is 0 Å². The molecule has 1 aliphatic carbocycles. The Morgan fingerprint density at radius 3 is 2.73 bits per heavy atom. The summed E-state index contributed by atoms with van der Waals surface area (Å²) in [5.41, 5.74) is 2.01. The van der Waals surface area contributed by atoms with Gasteiger partial charge in [-0.05, 0) is 36.8 Å². The molecule has 0 aromatic carbocycles. The minimum atomic E-state index is 0.630. The van der Waals surface area contributed by atoms with Gasteiger partial charge in [-0.2, -0.15) is 0 Å². The predicted molar refractivity (Wildman–Crippen MR) is 63.7 cm³/mol. The zero-order chi connectivity index (χ0) is 10.7. The fourth-order valence-electron chi connectivity index (χ4n) is 2.47. The number of rotatable bonds is 5. The third-order valence-electron chi connectivity index (χ3n) is 4.02. The smallest absolute Gasteiger partial charge is 0.0359 e. The highest BCUT2D eigenvalue weighted by Gasteiger charge is 2.34. The normalized spacial score (nSPS) is 18.8. The second kappa shape index (κ2) is 4.40. The maximum atomic E-state index is 3.60. The summed E-state index contributed by atoms with van der Waals surface area (Å²) in [5.74, 6) is 0. The monoisotopic (exact) mass is 206 g/mol. The van der Waals surface area contributed by atoms with Crippen molar-refractivity contribution in [3.63, 3.8) is 0 Å². The first-order valence-corrected chi connectivity index (χ1v) is 6.07. The quantitative estimate of drug-likeness (QED) is 0.784. The van der Waals surface area contributed by atoms with Crippen molar-refractivity contribution in [2.75, 3.05) is 6.54 Å². The Kier molecular flexibility index (Phi) is 3.15. The number of hydrogen-bond donors (Lipinski definition) is 1. The van der Waals surface area contributed by atoms with E-state index in [0.717, 1.165) is 6.54 Å². The van der Waals surface area contributed by atoms with E-state index in [9.17, 15) is 0 Å². The van der Waals surface area contributed by atoms with Crippen LogP contribution in [0.3, 0.4) is 0 Å². The van der Waals surface area contributed by atoms with Crippen molar-refractivity contribution in [1.82, 2.24) is 9.88 Å². The Labute approximate surface area is 92.7 Å². The topological polar surface area (TPSA) is 17.0 Å². The Morgan fingerprint density at radius 1 is 1.47 bits per heavy atom. The molecule has 0 atom stereocenters. The molecular formula is C13H22N2. The highest BCUT2D eigenvalue weighted by atomic mass is 15.0. The molecule has 84 valence electrons. The molecule has 1 heterocycles. The van der Waals surface area contributed by atoms with E-state index in [2.05, 4.69) is 42.2 Å². The second-order valence-electron chi connectivity index (χ2n) is 4.92. The van der Waals surface area contributed by atoms with Gasteiger partial charge in [0.2, 0.25) is 0 Å². The van der Waals surface area contributed by atoms with Crippen molar-refractivity contribution in [3.8, 4) is 0 Å². The van der Waals surface area contributed by atoms with Gasteiger partial charge in [0.05, 0.1) is 0 Å². The first kappa shape index (κ1) is 10.7. The molecule has 1 aliphatic rings. The van der Waals surface area contributed by atoms with E-state index in [1.165, 1.54) is 37.9 Å². The van der Waals surface area contributed by atoms with Crippen LogP contribution in [0, 0.1) is 5.41 Å². The van der Waals surface area contributed by atoms with E-state index in [-0.39, 0.29) is 0 Å². The van der Waals surface area contributed by atoms with Crippen LogP contribution in [0.25, 0.3) is 0 Å². The van der Waals surface area contributed by atoms with Gasteiger partial charge in [0.25, 0.3) is 0 Å². The highest BCUT2D eigenvalue weighted by Crippen LogP contribution is 2.43. The van der Waals surface area contributed by atoms with Crippen LogP contribution in [0.2, 0.25) is 0 Å². The van der Waals surface area contributed by atoms with E-state index in [1.807, 2.05) is 0 Å². The van der Waals surface area contributed by atoms with Crippen LogP contribution in [0.5, 0.6) is 0 Å². The Hall–Kier alpha value is -0.760. The van der Waals surface area contributed by atoms with Crippen molar-refractivity contribution in [2.24, 2.45) is 12.5 Å². The molecule has 2 nitrogen and oxygen atoms in total. The molecule has 0 radical (unpaired) electrons. The Morgan fingerprint density at radius 2 is 2.27 bits per heavy atom. The molecule has 0 unspecified atom stereocenters. The van der Waals surface area contributed by atoms with Gasteiger partial charge in [-0.1, -0.05) is 13.3 Å². The number of hydrogen-bond acceptors (Lipinski definition) is 1. The third-order valence-corrected chi connectivity index (χ3v) is 4.02. The van der Waals surface area contributed by atoms with Crippen molar-refractivity contribution >= 4 is 0 Å². The lowest BCUT2D eigenvalue weighted by Crippen LogP contribution is -2.39. The minimum absolute atomic E-state index is 0.630. The van der Waals surface area contributed by atoms with E-state index < -0.39 is 0 Å². The summed E-state index contributed by atoms with van der Waals surface area (Å²) in [6, 6.07) is 4.29. The van der Waals surface area contributed by atoms with E-state index in [0.29, 0.717) is 5.41 Å². The maximum absolute atomic E-state index is 3.60. The van der Waals surface area contributed by atoms with Crippen molar-refractivity contribution in [3.05, 3.63) is 24.0 Å². The van der Waals surface area contributed by atoms with Crippen LogP contribution in [0.1, 0.15) is 38.3 Å². The van der Waals surface area contributed by atoms with Crippen LogP contribution in [-0.4, -0.2) is 11.1 Å². The molecule has 0 saturated heterocycles. The largest absolute Gasteiger partial charge is 0.353 e. The van der Waals surface area contributed by atoms with Crippen LogP contribution in [0.4, 0.5) is 0 Å². The molecular weight excluding hydrogens is 184 g/mol. The molecule has 15 heavy (non-hydrogen) atoms. The fraction of sp³-hybridized carbons (Fsp3) is 0.692. The Balaban J connectivity index is 1.77. The third kappa shape index (κ3) is 2.25. The molecule has 1 fully saturated rings. The summed E-state index contributed by atoms with van der Waals surface area (Å²) >= 11 is 0. The second-order valence-corrected chi connectivity index (χ2v) is 4.92. The average molecular weight is 206 g/mol. The molecule has 1 aromatic rings. The molecule has 0 aliphatic heterocycles. The summed E-state index contributed by atoms with van der Waals surface area (Å²) in [6.07, 6.45) is 7.70. The lowest BCUT2D eigenvalue weighted by molar-refractivity contribution is 0.123. The van der Waals surface area contributed by atoms with Crippen molar-refractivity contribution in [1.29, 1.82) is 0 Å². The number of nitrogens with one attached hydrogen (secondary N) is 1. The van der Waals surface area contributed by atoms with E-state index in [4.69, 9.17) is 0 Å². The average Bonchev–Trinajstić information content (AvgIpc) is 2.57. The molecule has 0 amide bonds. The summed E-state index contributed by atoms with van der Waals surface area (Å²) in [6.45, 7) is 4.52. The zero-order valence-corrected chi connectivity index (χ0v) is 9.92. The van der Waals surface area contributed by atoms with Gasteiger partial charge in [0.15, 0.2) is 0 Å². The van der Waals surface area contributed by atoms with Crippen LogP contribution in [0.15, 0.2) is 18.3 Å². The SMILES string of the molecule is CCC1(CNCc2cccn2C)CCC1. The first-order valence-electron chi connectivity index (χ1n) is 6.07. The number of aryl methyl sites for hydroxylation is 1. The standard InChI is InChI=1S/C13H22N2/c1-3-13(7-5-8-13)11-14-10-12-6-4-9-15(12)2/h4,6,9,14H,3,5,7-8,10-11H2,1-2H3. The van der Waals surface area contributed by atoms with Gasteiger partial charge in [0.1, 0.15) is 0 Å². The summed E-state index contributed by atoms with van der Waals surface area (Å²) in [7, 11) is 2.11. The van der Waals surface area contributed by atoms with Gasteiger partial charge in [-0.15, -0.1) is 0 Å². The summed E-state index contributed by atoms with van der Waals surface area (Å²) in [4.78, 5) is 0. The van der Waals surface area contributed by atoms with Gasteiger partial charge in [0, 0.05) is 32.0 Å². The minimum Gasteiger partial charge on any atom is -0.353 e. The molecule has 1 saturated carbocycles. The van der Waals surface area contributed by atoms with Gasteiger partial charge < -0.3 is 9.88 Å². The van der Waals surface area contributed by atoms with Crippen molar-refractivity contribution in [2.45, 2.75) is 39.2 Å². The lowest BCUT2D eigenvalue weighted by atomic mass is 9.67. The van der Waals surface area contributed by atoms with Gasteiger partial charge >= 0.3 is 0 Å². The fourth-order valence-corrected chi connectivity index (χ4v) is 2.47. The molecule has 1 aromatic heterocycles. The predicted octanol–water partition coefficient (Wildman–Crippen LogP) is 2.70. The molecule has 1 N–H and O–H groups in total. The van der Waals surface area contributed by atoms with Crippen LogP contribution >= 0.6 is 0 Å². The van der Waals surface area contributed by atoms with E-state index >= 15 is 0 Å². The number of aromatic nitrogens is 1. The Bertz CT molecular complexity index is 305. The maximum Gasteiger partial charge on any atom is 0.0359 e. The lowest BCUT2D eigenvalue weighted by Gasteiger charge is -2.41. The number of nitrogens with zero attached hydrogens (tertiary/aromatic N) is 1. The van der Waals surface area contributed by atoms with Crippen LogP contribution in [-0.2, 0) is 13.6 Å². The molecule has 0 spiro atoms. The highest BCUT2D eigenvalue weighted by molar-refractivity contribution is 5.06. The zero-order valence-electron chi connectivity index (χ0n) is 9.92. The van der Waals surface area contributed by atoms with E-state index in [1.54, 1.807) is 0 Å². The van der Waals surface area contributed by atoms with Crippen LogP contribution < -0.4 is 5.32 Å². The summed E-state index contributed by atoms with van der Waals surface area (Å²) < 4.78 is 2.19. The summed E-state index contributed by atoms with van der Waals surface area (Å²) in [5, 5.41) is 3.60. The molecule has 2 rings (SSSR count). The van der Waals surface area contributed by atoms with Gasteiger partial charge in [-0.25, -0.2) is 0 Å².